The lowest BCUT2D eigenvalue weighted by Crippen LogP contribution is -2.47. The van der Waals surface area contributed by atoms with Gasteiger partial charge in [-0.1, -0.05) is 20.3 Å². The molecular weight excluding hydrogens is 320 g/mol. The number of piperidine rings is 1. The van der Waals surface area contributed by atoms with Gasteiger partial charge in [0.05, 0.1) is 4.88 Å². The molecule has 0 aliphatic carbocycles. The van der Waals surface area contributed by atoms with E-state index in [-0.39, 0.29) is 5.91 Å². The Morgan fingerprint density at radius 1 is 1.25 bits per heavy atom. The summed E-state index contributed by atoms with van der Waals surface area (Å²) in [6.07, 6.45) is 6.73. The first-order valence-corrected chi connectivity index (χ1v) is 10.2. The molecule has 0 radical (unpaired) electrons. The first-order chi connectivity index (χ1) is 11.6. The summed E-state index contributed by atoms with van der Waals surface area (Å²) in [5.41, 5.74) is 1.34. The van der Waals surface area contributed by atoms with E-state index in [9.17, 15) is 9.59 Å². The smallest absolute Gasteiger partial charge is 0.263 e. The van der Waals surface area contributed by atoms with E-state index < -0.39 is 0 Å². The summed E-state index contributed by atoms with van der Waals surface area (Å²) < 4.78 is 0. The number of amides is 2. The Kier molecular flexibility index (Phi) is 5.59. The van der Waals surface area contributed by atoms with Gasteiger partial charge in [0.1, 0.15) is 0 Å². The highest BCUT2D eigenvalue weighted by Gasteiger charge is 2.32. The van der Waals surface area contributed by atoms with Crippen molar-refractivity contribution in [3.8, 4) is 0 Å². The SMILES string of the molecule is CCCc1sc(C(=O)N2CCC(N3CCCC3=O)CC2)cc1CC. The molecule has 0 N–H and O–H groups in total. The fraction of sp³-hybridized carbons (Fsp3) is 0.684. The Hall–Kier alpha value is -1.36. The fourth-order valence-electron chi connectivity index (χ4n) is 3.90. The average Bonchev–Trinajstić information content (AvgIpc) is 3.21. The number of aryl methyl sites for hydroxylation is 2. The normalized spacial score (nSPS) is 19.3. The Labute approximate surface area is 148 Å². The van der Waals surface area contributed by atoms with Gasteiger partial charge in [0.15, 0.2) is 0 Å². The third kappa shape index (κ3) is 3.51. The van der Waals surface area contributed by atoms with Gasteiger partial charge in [-0.15, -0.1) is 11.3 Å². The predicted octanol–water partition coefficient (Wildman–Crippen LogP) is 3.49. The van der Waals surface area contributed by atoms with Crippen LogP contribution in [0.2, 0.25) is 0 Å². The molecule has 2 fully saturated rings. The molecule has 0 atom stereocenters. The molecule has 0 saturated carbocycles. The van der Waals surface area contributed by atoms with E-state index in [0.29, 0.717) is 18.4 Å². The summed E-state index contributed by atoms with van der Waals surface area (Å²) in [5, 5.41) is 0. The van der Waals surface area contributed by atoms with Crippen molar-refractivity contribution >= 4 is 23.2 Å². The van der Waals surface area contributed by atoms with Gasteiger partial charge < -0.3 is 9.80 Å². The van der Waals surface area contributed by atoms with E-state index in [1.54, 1.807) is 11.3 Å². The van der Waals surface area contributed by atoms with Crippen LogP contribution in [0.15, 0.2) is 6.07 Å². The molecule has 1 aromatic rings. The summed E-state index contributed by atoms with van der Waals surface area (Å²) in [4.78, 5) is 31.0. The van der Waals surface area contributed by atoms with Crippen molar-refractivity contribution in [3.05, 3.63) is 21.4 Å². The molecule has 2 aliphatic rings. The first-order valence-electron chi connectivity index (χ1n) is 9.34. The number of likely N-dealkylation sites (tertiary alicyclic amines) is 2. The van der Waals surface area contributed by atoms with Crippen LogP contribution in [0.25, 0.3) is 0 Å². The maximum atomic E-state index is 12.8. The van der Waals surface area contributed by atoms with Crippen LogP contribution in [0, 0.1) is 0 Å². The minimum Gasteiger partial charge on any atom is -0.340 e. The van der Waals surface area contributed by atoms with Crippen LogP contribution in [0.5, 0.6) is 0 Å². The lowest BCUT2D eigenvalue weighted by molar-refractivity contribution is -0.130. The number of hydrogen-bond donors (Lipinski definition) is 0. The maximum absolute atomic E-state index is 12.8. The molecule has 0 unspecified atom stereocenters. The number of carbonyl (C=O) groups is 2. The zero-order chi connectivity index (χ0) is 17.1. The monoisotopic (exact) mass is 348 g/mol. The number of hydrogen-bond acceptors (Lipinski definition) is 3. The van der Waals surface area contributed by atoms with E-state index in [2.05, 4.69) is 19.9 Å². The van der Waals surface area contributed by atoms with Crippen molar-refractivity contribution in [2.45, 2.75) is 64.8 Å². The quantitative estimate of drug-likeness (QED) is 0.817. The average molecular weight is 349 g/mol. The molecule has 1 aromatic heterocycles. The molecular formula is C19H28N2O2S. The number of thiophene rings is 1. The first kappa shape index (κ1) is 17.5. The van der Waals surface area contributed by atoms with Gasteiger partial charge in [-0.25, -0.2) is 0 Å². The van der Waals surface area contributed by atoms with E-state index in [0.717, 1.165) is 63.0 Å². The molecule has 5 heteroatoms. The van der Waals surface area contributed by atoms with Crippen molar-refractivity contribution in [2.75, 3.05) is 19.6 Å². The zero-order valence-corrected chi connectivity index (χ0v) is 15.7. The third-order valence-electron chi connectivity index (χ3n) is 5.27. The topological polar surface area (TPSA) is 40.6 Å². The van der Waals surface area contributed by atoms with Crippen molar-refractivity contribution in [1.29, 1.82) is 0 Å². The molecule has 24 heavy (non-hydrogen) atoms. The minimum atomic E-state index is 0.184. The largest absolute Gasteiger partial charge is 0.340 e. The van der Waals surface area contributed by atoms with Gasteiger partial charge in [0.2, 0.25) is 5.91 Å². The highest BCUT2D eigenvalue weighted by atomic mass is 32.1. The van der Waals surface area contributed by atoms with E-state index in [1.807, 2.05) is 9.80 Å². The Balaban J connectivity index is 1.61. The van der Waals surface area contributed by atoms with Gasteiger partial charge >= 0.3 is 0 Å². The fourth-order valence-corrected chi connectivity index (χ4v) is 5.22. The van der Waals surface area contributed by atoms with E-state index >= 15 is 0 Å². The lowest BCUT2D eigenvalue weighted by Gasteiger charge is -2.36. The molecule has 2 amide bonds. The summed E-state index contributed by atoms with van der Waals surface area (Å²) in [5.74, 6) is 0.484. The number of rotatable bonds is 5. The van der Waals surface area contributed by atoms with Crippen molar-refractivity contribution < 1.29 is 9.59 Å². The van der Waals surface area contributed by atoms with Crippen LogP contribution >= 0.6 is 11.3 Å². The van der Waals surface area contributed by atoms with Crippen molar-refractivity contribution in [3.63, 3.8) is 0 Å². The Morgan fingerprint density at radius 3 is 2.58 bits per heavy atom. The lowest BCUT2D eigenvalue weighted by atomic mass is 10.0. The molecule has 4 nitrogen and oxygen atoms in total. The molecule has 132 valence electrons. The van der Waals surface area contributed by atoms with E-state index in [1.165, 1.54) is 10.4 Å². The molecule has 0 bridgehead atoms. The second-order valence-corrected chi connectivity index (χ2v) is 8.01. The predicted molar refractivity (Wildman–Crippen MR) is 97.6 cm³/mol. The maximum Gasteiger partial charge on any atom is 0.263 e. The second kappa shape index (κ2) is 7.68. The second-order valence-electron chi connectivity index (χ2n) is 6.88. The van der Waals surface area contributed by atoms with Crippen LogP contribution in [-0.2, 0) is 17.6 Å². The Morgan fingerprint density at radius 2 is 2.00 bits per heavy atom. The molecule has 0 aromatic carbocycles. The van der Waals surface area contributed by atoms with Gasteiger partial charge in [-0.3, -0.25) is 9.59 Å². The standard InChI is InChI=1S/C19H28N2O2S/c1-3-6-16-14(4-2)13-17(24-16)19(23)20-11-8-15(9-12-20)21-10-5-7-18(21)22/h13,15H,3-12H2,1-2H3. The summed E-state index contributed by atoms with van der Waals surface area (Å²) in [6.45, 7) is 6.80. The summed E-state index contributed by atoms with van der Waals surface area (Å²) >= 11 is 1.68. The summed E-state index contributed by atoms with van der Waals surface area (Å²) in [6, 6.07) is 2.45. The highest BCUT2D eigenvalue weighted by molar-refractivity contribution is 7.14. The van der Waals surface area contributed by atoms with Crippen LogP contribution in [0.1, 0.15) is 66.1 Å². The van der Waals surface area contributed by atoms with Gasteiger partial charge in [-0.2, -0.15) is 0 Å². The highest BCUT2D eigenvalue weighted by Crippen LogP contribution is 2.28. The zero-order valence-electron chi connectivity index (χ0n) is 14.8. The van der Waals surface area contributed by atoms with Crippen molar-refractivity contribution in [2.24, 2.45) is 0 Å². The van der Waals surface area contributed by atoms with Gasteiger partial charge in [-0.05, 0) is 43.7 Å². The molecule has 3 rings (SSSR count). The molecule has 2 saturated heterocycles. The number of nitrogens with zero attached hydrogens (tertiary/aromatic N) is 2. The van der Waals surface area contributed by atoms with Gasteiger partial charge in [0, 0.05) is 37.0 Å². The minimum absolute atomic E-state index is 0.184. The summed E-state index contributed by atoms with van der Waals surface area (Å²) in [7, 11) is 0. The number of carbonyl (C=O) groups excluding carboxylic acids is 2. The Bertz CT molecular complexity index is 603. The van der Waals surface area contributed by atoms with E-state index in [4.69, 9.17) is 0 Å². The van der Waals surface area contributed by atoms with Crippen LogP contribution in [0.3, 0.4) is 0 Å². The van der Waals surface area contributed by atoms with Gasteiger partial charge in [0.25, 0.3) is 5.91 Å². The third-order valence-corrected chi connectivity index (χ3v) is 6.49. The van der Waals surface area contributed by atoms with Crippen LogP contribution in [0.4, 0.5) is 0 Å². The molecule has 3 heterocycles. The van der Waals surface area contributed by atoms with Crippen molar-refractivity contribution in [1.82, 2.24) is 9.80 Å². The molecule has 0 spiro atoms. The van der Waals surface area contributed by atoms with Crippen LogP contribution < -0.4 is 0 Å². The van der Waals surface area contributed by atoms with Crippen LogP contribution in [-0.4, -0.2) is 47.3 Å². The molecule has 2 aliphatic heterocycles.